The maximum Gasteiger partial charge on any atom is 0.338 e. The highest BCUT2D eigenvalue weighted by molar-refractivity contribution is 6.33. The number of hydrogen-bond donors (Lipinski definition) is 1. The fraction of sp³-hybridized carbons (Fsp3) is 0.429. The summed E-state index contributed by atoms with van der Waals surface area (Å²) in [5.41, 5.74) is 6.21. The van der Waals surface area contributed by atoms with Crippen molar-refractivity contribution < 1.29 is 14.3 Å². The Balaban J connectivity index is 1.86. The van der Waals surface area contributed by atoms with Crippen LogP contribution in [-0.4, -0.2) is 61.5 Å². The summed E-state index contributed by atoms with van der Waals surface area (Å²) in [6, 6.07) is 4.47. The number of esters is 1. The Labute approximate surface area is 128 Å². The number of likely N-dealkylation sites (N-methyl/N-ethyl adjacent to an activating group) is 1. The molecule has 2 N–H and O–H groups in total. The maximum absolute atomic E-state index is 11.9. The number of ether oxygens (including phenoxy) is 1. The summed E-state index contributed by atoms with van der Waals surface area (Å²) >= 11 is 5.78. The van der Waals surface area contributed by atoms with Crippen molar-refractivity contribution in [3.63, 3.8) is 0 Å². The molecule has 0 unspecified atom stereocenters. The molecule has 1 fully saturated rings. The molecule has 1 aromatic rings. The minimum Gasteiger partial charge on any atom is -0.452 e. The van der Waals surface area contributed by atoms with E-state index in [9.17, 15) is 9.59 Å². The minimum atomic E-state index is -0.583. The van der Waals surface area contributed by atoms with Crippen LogP contribution in [0.3, 0.4) is 0 Å². The van der Waals surface area contributed by atoms with E-state index < -0.39 is 5.97 Å². The molecule has 0 atom stereocenters. The van der Waals surface area contributed by atoms with Crippen molar-refractivity contribution in [1.82, 2.24) is 9.80 Å². The van der Waals surface area contributed by atoms with E-state index in [0.717, 1.165) is 13.1 Å². The molecule has 1 saturated heterocycles. The zero-order valence-electron chi connectivity index (χ0n) is 11.8. The van der Waals surface area contributed by atoms with Gasteiger partial charge >= 0.3 is 5.97 Å². The van der Waals surface area contributed by atoms with Crippen molar-refractivity contribution in [2.45, 2.75) is 0 Å². The summed E-state index contributed by atoms with van der Waals surface area (Å²) in [6.07, 6.45) is 0. The van der Waals surface area contributed by atoms with Gasteiger partial charge in [-0.1, -0.05) is 11.6 Å². The van der Waals surface area contributed by atoms with Crippen molar-refractivity contribution in [3.8, 4) is 0 Å². The summed E-state index contributed by atoms with van der Waals surface area (Å²) in [6.45, 7) is 2.70. The second-order valence-corrected chi connectivity index (χ2v) is 5.40. The van der Waals surface area contributed by atoms with Gasteiger partial charge in [0, 0.05) is 26.2 Å². The predicted octanol–water partition coefficient (Wildman–Crippen LogP) is 0.853. The van der Waals surface area contributed by atoms with Gasteiger partial charge in [-0.2, -0.15) is 0 Å². The van der Waals surface area contributed by atoms with Gasteiger partial charge in [0.2, 0.25) is 0 Å². The van der Waals surface area contributed by atoms with Gasteiger partial charge in [0.1, 0.15) is 0 Å². The number of rotatable bonds is 3. The van der Waals surface area contributed by atoms with Crippen LogP contribution in [0.2, 0.25) is 5.02 Å². The Morgan fingerprint density at radius 1 is 1.29 bits per heavy atom. The Morgan fingerprint density at radius 3 is 2.57 bits per heavy atom. The molecule has 1 amide bonds. The SMILES string of the molecule is CN1CCN(C(=O)COC(=O)c2ccc(Cl)c(N)c2)CC1. The fourth-order valence-electron chi connectivity index (χ4n) is 2.03. The van der Waals surface area contributed by atoms with Gasteiger partial charge in [0.05, 0.1) is 16.3 Å². The lowest BCUT2D eigenvalue weighted by atomic mass is 10.2. The van der Waals surface area contributed by atoms with Gasteiger partial charge in [-0.15, -0.1) is 0 Å². The number of halogens is 1. The average molecular weight is 312 g/mol. The molecular formula is C14H18ClN3O3. The van der Waals surface area contributed by atoms with Gasteiger partial charge in [0.25, 0.3) is 5.91 Å². The number of anilines is 1. The number of piperazine rings is 1. The number of carbonyl (C=O) groups excluding carboxylic acids is 2. The van der Waals surface area contributed by atoms with Crippen LogP contribution >= 0.6 is 11.6 Å². The summed E-state index contributed by atoms with van der Waals surface area (Å²) in [7, 11) is 2.01. The molecule has 1 heterocycles. The Hall–Kier alpha value is -1.79. The molecule has 6 nitrogen and oxygen atoms in total. The molecule has 0 aromatic heterocycles. The number of hydrogen-bond acceptors (Lipinski definition) is 5. The fourth-order valence-corrected chi connectivity index (χ4v) is 2.15. The molecule has 0 spiro atoms. The number of amides is 1. The summed E-state index contributed by atoms with van der Waals surface area (Å²) in [5.74, 6) is -0.765. The van der Waals surface area contributed by atoms with Gasteiger partial charge in [-0.25, -0.2) is 4.79 Å². The van der Waals surface area contributed by atoms with Crippen LogP contribution in [0, 0.1) is 0 Å². The molecule has 0 saturated carbocycles. The lowest BCUT2D eigenvalue weighted by Crippen LogP contribution is -2.48. The predicted molar refractivity (Wildman–Crippen MR) is 80.2 cm³/mol. The number of nitrogen functional groups attached to an aromatic ring is 1. The third kappa shape index (κ3) is 4.09. The van der Waals surface area contributed by atoms with Crippen LogP contribution in [0.4, 0.5) is 5.69 Å². The van der Waals surface area contributed by atoms with Crippen LogP contribution in [0.5, 0.6) is 0 Å². The third-order valence-electron chi connectivity index (χ3n) is 3.41. The van der Waals surface area contributed by atoms with Crippen molar-refractivity contribution in [2.75, 3.05) is 45.6 Å². The second-order valence-electron chi connectivity index (χ2n) is 5.00. The molecular weight excluding hydrogens is 294 g/mol. The molecule has 7 heteroatoms. The van der Waals surface area contributed by atoms with Gasteiger partial charge in [-0.3, -0.25) is 4.79 Å². The van der Waals surface area contributed by atoms with Crippen molar-refractivity contribution in [1.29, 1.82) is 0 Å². The smallest absolute Gasteiger partial charge is 0.338 e. The third-order valence-corrected chi connectivity index (χ3v) is 3.76. The molecule has 0 radical (unpaired) electrons. The lowest BCUT2D eigenvalue weighted by Gasteiger charge is -2.32. The molecule has 1 aromatic carbocycles. The first-order valence-electron chi connectivity index (χ1n) is 6.66. The van der Waals surface area contributed by atoms with Gasteiger partial charge < -0.3 is 20.3 Å². The molecule has 0 bridgehead atoms. The summed E-state index contributed by atoms with van der Waals surface area (Å²) in [5, 5.41) is 0.375. The molecule has 114 valence electrons. The van der Waals surface area contributed by atoms with Crippen molar-refractivity contribution in [2.24, 2.45) is 0 Å². The Morgan fingerprint density at radius 2 is 1.95 bits per heavy atom. The zero-order valence-corrected chi connectivity index (χ0v) is 12.6. The van der Waals surface area contributed by atoms with E-state index >= 15 is 0 Å². The highest BCUT2D eigenvalue weighted by atomic mass is 35.5. The lowest BCUT2D eigenvalue weighted by molar-refractivity contribution is -0.136. The molecule has 21 heavy (non-hydrogen) atoms. The van der Waals surface area contributed by atoms with Gasteiger partial charge in [0.15, 0.2) is 6.61 Å². The van der Waals surface area contributed by atoms with E-state index in [1.165, 1.54) is 18.2 Å². The van der Waals surface area contributed by atoms with Crippen LogP contribution in [0.15, 0.2) is 18.2 Å². The largest absolute Gasteiger partial charge is 0.452 e. The van der Waals surface area contributed by atoms with Crippen LogP contribution in [0.1, 0.15) is 10.4 Å². The summed E-state index contributed by atoms with van der Waals surface area (Å²) in [4.78, 5) is 27.6. The Bertz CT molecular complexity index is 542. The van der Waals surface area contributed by atoms with Crippen LogP contribution in [0.25, 0.3) is 0 Å². The average Bonchev–Trinajstić information content (AvgIpc) is 2.48. The highest BCUT2D eigenvalue weighted by Gasteiger charge is 2.20. The first-order valence-corrected chi connectivity index (χ1v) is 7.03. The summed E-state index contributed by atoms with van der Waals surface area (Å²) < 4.78 is 5.02. The van der Waals surface area contributed by atoms with E-state index in [4.69, 9.17) is 22.1 Å². The van der Waals surface area contributed by atoms with E-state index in [0.29, 0.717) is 23.8 Å². The normalized spacial score (nSPS) is 15.8. The number of carbonyl (C=O) groups is 2. The zero-order chi connectivity index (χ0) is 15.4. The highest BCUT2D eigenvalue weighted by Crippen LogP contribution is 2.19. The van der Waals surface area contributed by atoms with Crippen molar-refractivity contribution >= 4 is 29.2 Å². The quantitative estimate of drug-likeness (QED) is 0.661. The van der Waals surface area contributed by atoms with E-state index in [1.807, 2.05) is 7.05 Å². The van der Waals surface area contributed by atoms with Crippen LogP contribution < -0.4 is 5.73 Å². The first kappa shape index (κ1) is 15.6. The molecule has 1 aliphatic heterocycles. The second kappa shape index (κ2) is 6.78. The van der Waals surface area contributed by atoms with E-state index in [1.54, 1.807) is 4.90 Å². The van der Waals surface area contributed by atoms with E-state index in [2.05, 4.69) is 4.90 Å². The van der Waals surface area contributed by atoms with Crippen LogP contribution in [-0.2, 0) is 9.53 Å². The first-order chi connectivity index (χ1) is 9.97. The molecule has 2 rings (SSSR count). The minimum absolute atomic E-state index is 0.182. The Kier molecular flexibility index (Phi) is 5.03. The monoisotopic (exact) mass is 311 g/mol. The standard InChI is InChI=1S/C14H18ClN3O3/c1-17-4-6-18(7-5-17)13(19)9-21-14(20)10-2-3-11(15)12(16)8-10/h2-3,8H,4-7,9,16H2,1H3. The van der Waals surface area contributed by atoms with E-state index in [-0.39, 0.29) is 18.1 Å². The topological polar surface area (TPSA) is 75.9 Å². The van der Waals surface area contributed by atoms with Crippen molar-refractivity contribution in [3.05, 3.63) is 28.8 Å². The molecule has 1 aliphatic rings. The number of benzene rings is 1. The molecule has 0 aliphatic carbocycles. The maximum atomic E-state index is 11.9. The number of nitrogens with two attached hydrogens (primary N) is 1. The number of nitrogens with zero attached hydrogens (tertiary/aromatic N) is 2. The van der Waals surface area contributed by atoms with Gasteiger partial charge in [-0.05, 0) is 25.2 Å².